The fraction of sp³-hybridized carbons (Fsp3) is 0.567. The van der Waals surface area contributed by atoms with Crippen LogP contribution in [-0.2, 0) is 17.6 Å². The first kappa shape index (κ1) is 26.3. The lowest BCUT2D eigenvalue weighted by molar-refractivity contribution is -0.121. The van der Waals surface area contributed by atoms with Crippen molar-refractivity contribution in [3.05, 3.63) is 59.7 Å². The van der Waals surface area contributed by atoms with Crippen LogP contribution >= 0.6 is 0 Å². The van der Waals surface area contributed by atoms with Crippen LogP contribution in [0.4, 0.5) is 0 Å². The van der Waals surface area contributed by atoms with Gasteiger partial charge in [0.1, 0.15) is 5.78 Å². The number of ether oxygens (including phenoxy) is 2. The minimum atomic E-state index is -0.527. The summed E-state index contributed by atoms with van der Waals surface area (Å²) in [5.74, 6) is 1.51. The Morgan fingerprint density at radius 2 is 1.65 bits per heavy atom. The van der Waals surface area contributed by atoms with Crippen LogP contribution in [0.5, 0.6) is 11.5 Å². The van der Waals surface area contributed by atoms with E-state index in [4.69, 9.17) is 9.47 Å². The predicted octanol–water partition coefficient (Wildman–Crippen LogP) is 6.71. The summed E-state index contributed by atoms with van der Waals surface area (Å²) in [5.41, 5.74) is 2.69. The number of hydrogen-bond donors (Lipinski definition) is 1. The van der Waals surface area contributed by atoms with E-state index in [2.05, 4.69) is 30.3 Å². The highest BCUT2D eigenvalue weighted by Crippen LogP contribution is 2.46. The molecule has 1 atom stereocenters. The number of unbranched alkanes of at least 4 members (excludes halogenated alkanes) is 2. The van der Waals surface area contributed by atoms with Crippen molar-refractivity contribution < 1.29 is 19.4 Å². The molecular weight excluding hydrogens is 424 g/mol. The van der Waals surface area contributed by atoms with Crippen LogP contribution < -0.4 is 9.47 Å². The highest BCUT2D eigenvalue weighted by atomic mass is 16.5. The Balaban J connectivity index is 1.40. The van der Waals surface area contributed by atoms with Gasteiger partial charge in [-0.2, -0.15) is 0 Å². The number of aryl methyl sites for hydroxylation is 2. The molecule has 0 saturated heterocycles. The first-order chi connectivity index (χ1) is 16.5. The van der Waals surface area contributed by atoms with Crippen LogP contribution in [0.25, 0.3) is 0 Å². The number of rotatable bonds is 15. The number of aliphatic hydroxyl groups is 1. The van der Waals surface area contributed by atoms with E-state index in [1.54, 1.807) is 14.2 Å². The quantitative estimate of drug-likeness (QED) is 0.296. The molecule has 0 heterocycles. The van der Waals surface area contributed by atoms with E-state index in [1.165, 1.54) is 56.9 Å². The number of carbonyl (C=O) groups is 1. The first-order valence-electron chi connectivity index (χ1n) is 13.0. The Kier molecular flexibility index (Phi) is 10.5. The number of ketones is 1. The molecule has 0 radical (unpaired) electrons. The average molecular weight is 467 g/mol. The maximum Gasteiger partial charge on any atom is 0.160 e. The van der Waals surface area contributed by atoms with Crippen molar-refractivity contribution in [3.8, 4) is 11.5 Å². The van der Waals surface area contributed by atoms with Crippen molar-refractivity contribution >= 4 is 5.78 Å². The molecule has 1 aliphatic carbocycles. The molecule has 1 saturated carbocycles. The molecule has 2 aromatic carbocycles. The normalized spacial score (nSPS) is 15.7. The zero-order valence-corrected chi connectivity index (χ0v) is 21.1. The van der Waals surface area contributed by atoms with Crippen LogP contribution in [0.2, 0.25) is 0 Å². The Morgan fingerprint density at radius 3 is 2.35 bits per heavy atom. The fourth-order valence-corrected chi connectivity index (χ4v) is 5.59. The fourth-order valence-electron chi connectivity index (χ4n) is 5.59. The number of Topliss-reactive ketones (excluding diaryl/α,β-unsaturated/α-hetero) is 1. The third-order valence-electron chi connectivity index (χ3n) is 7.45. The predicted molar refractivity (Wildman–Crippen MR) is 138 cm³/mol. The minimum Gasteiger partial charge on any atom is -0.493 e. The van der Waals surface area contributed by atoms with Crippen LogP contribution in [-0.4, -0.2) is 31.2 Å². The molecule has 34 heavy (non-hydrogen) atoms. The molecule has 4 heteroatoms. The molecule has 3 rings (SSSR count). The number of benzene rings is 2. The SMILES string of the molecule is COc1ccc(CCC(=O)C[C@@H](O)CC2(CCCCCc3ccccc3)CCCC2)cc1OC. The Bertz CT molecular complexity index is 871. The van der Waals surface area contributed by atoms with Crippen molar-refractivity contribution in [1.29, 1.82) is 0 Å². The second kappa shape index (κ2) is 13.5. The number of methoxy groups -OCH3 is 2. The summed E-state index contributed by atoms with van der Waals surface area (Å²) in [4.78, 5) is 12.6. The van der Waals surface area contributed by atoms with Crippen molar-refractivity contribution in [1.82, 2.24) is 0 Å². The summed E-state index contributed by atoms with van der Waals surface area (Å²) in [5, 5.41) is 10.8. The zero-order valence-electron chi connectivity index (χ0n) is 21.1. The first-order valence-corrected chi connectivity index (χ1v) is 13.0. The molecule has 1 fully saturated rings. The molecule has 1 aliphatic rings. The van der Waals surface area contributed by atoms with E-state index in [0.29, 0.717) is 24.3 Å². The largest absolute Gasteiger partial charge is 0.493 e. The molecule has 1 N–H and O–H groups in total. The van der Waals surface area contributed by atoms with Gasteiger partial charge in [0.2, 0.25) is 0 Å². The van der Waals surface area contributed by atoms with Gasteiger partial charge < -0.3 is 14.6 Å². The topological polar surface area (TPSA) is 55.8 Å². The van der Waals surface area contributed by atoms with E-state index >= 15 is 0 Å². The van der Waals surface area contributed by atoms with E-state index in [1.807, 2.05) is 18.2 Å². The van der Waals surface area contributed by atoms with Gasteiger partial charge in [0.15, 0.2) is 11.5 Å². The number of aliphatic hydroxyl groups excluding tert-OH is 1. The maximum atomic E-state index is 12.6. The molecule has 0 amide bonds. The summed E-state index contributed by atoms with van der Waals surface area (Å²) in [7, 11) is 3.23. The Morgan fingerprint density at radius 1 is 0.912 bits per heavy atom. The van der Waals surface area contributed by atoms with Crippen molar-refractivity contribution in [2.24, 2.45) is 5.41 Å². The summed E-state index contributed by atoms with van der Waals surface area (Å²) in [6.07, 6.45) is 12.5. The lowest BCUT2D eigenvalue weighted by Crippen LogP contribution is -2.26. The smallest absolute Gasteiger partial charge is 0.160 e. The summed E-state index contributed by atoms with van der Waals surface area (Å²) in [6, 6.07) is 16.5. The molecule has 186 valence electrons. The maximum absolute atomic E-state index is 12.6. The molecule has 2 aromatic rings. The monoisotopic (exact) mass is 466 g/mol. The van der Waals surface area contributed by atoms with Crippen molar-refractivity contribution in [2.45, 2.75) is 89.6 Å². The Hall–Kier alpha value is -2.33. The highest BCUT2D eigenvalue weighted by Gasteiger charge is 2.35. The third-order valence-corrected chi connectivity index (χ3v) is 7.45. The standard InChI is InChI=1S/C30H42O4/c1-33-28-17-15-25(21-29(28)34-2)14-16-26(31)22-27(32)23-30(19-9-10-20-30)18-8-4-7-13-24-11-5-3-6-12-24/h3,5-6,11-12,15,17,21,27,32H,4,7-10,13-14,16,18-20,22-23H2,1-2H3/t27-/m1/s1. The second-order valence-corrected chi connectivity index (χ2v) is 10.0. The van der Waals surface area contributed by atoms with Gasteiger partial charge in [0.05, 0.1) is 20.3 Å². The third kappa shape index (κ3) is 8.16. The molecule has 0 aromatic heterocycles. The van der Waals surface area contributed by atoms with Crippen LogP contribution in [0.1, 0.15) is 81.8 Å². The van der Waals surface area contributed by atoms with Gasteiger partial charge in [-0.25, -0.2) is 0 Å². The van der Waals surface area contributed by atoms with Crippen molar-refractivity contribution in [2.75, 3.05) is 14.2 Å². The molecule has 0 aliphatic heterocycles. The van der Waals surface area contributed by atoms with Crippen molar-refractivity contribution in [3.63, 3.8) is 0 Å². The highest BCUT2D eigenvalue weighted by molar-refractivity contribution is 5.79. The molecular formula is C30H42O4. The lowest BCUT2D eigenvalue weighted by atomic mass is 9.75. The second-order valence-electron chi connectivity index (χ2n) is 10.0. The van der Waals surface area contributed by atoms with E-state index in [0.717, 1.165) is 18.4 Å². The molecule has 0 unspecified atom stereocenters. The van der Waals surface area contributed by atoms with Gasteiger partial charge in [-0.15, -0.1) is 0 Å². The van der Waals surface area contributed by atoms with Crippen LogP contribution in [0, 0.1) is 5.41 Å². The van der Waals surface area contributed by atoms with Crippen LogP contribution in [0.15, 0.2) is 48.5 Å². The number of hydrogen-bond acceptors (Lipinski definition) is 4. The summed E-state index contributed by atoms with van der Waals surface area (Å²) >= 11 is 0. The molecule has 4 nitrogen and oxygen atoms in total. The van der Waals surface area contributed by atoms with Gasteiger partial charge >= 0.3 is 0 Å². The van der Waals surface area contributed by atoms with E-state index in [-0.39, 0.29) is 17.6 Å². The average Bonchev–Trinajstić information content (AvgIpc) is 3.31. The van der Waals surface area contributed by atoms with Gasteiger partial charge in [-0.1, -0.05) is 62.1 Å². The number of carbonyl (C=O) groups excluding carboxylic acids is 1. The Labute approximate surface area is 205 Å². The van der Waals surface area contributed by atoms with E-state index in [9.17, 15) is 9.90 Å². The minimum absolute atomic E-state index is 0.137. The summed E-state index contributed by atoms with van der Waals surface area (Å²) in [6.45, 7) is 0. The summed E-state index contributed by atoms with van der Waals surface area (Å²) < 4.78 is 10.6. The van der Waals surface area contributed by atoms with Crippen LogP contribution in [0.3, 0.4) is 0 Å². The van der Waals surface area contributed by atoms with Gasteiger partial charge in [-0.3, -0.25) is 4.79 Å². The molecule has 0 bridgehead atoms. The zero-order chi connectivity index (χ0) is 24.2. The van der Waals surface area contributed by atoms with Gasteiger partial charge in [0.25, 0.3) is 0 Å². The van der Waals surface area contributed by atoms with Gasteiger partial charge in [-0.05, 0) is 73.6 Å². The molecule has 0 spiro atoms. The lowest BCUT2D eigenvalue weighted by Gasteiger charge is -2.31. The van der Waals surface area contributed by atoms with E-state index < -0.39 is 6.10 Å². The van der Waals surface area contributed by atoms with Gasteiger partial charge in [0, 0.05) is 12.8 Å².